The Labute approximate surface area is 101 Å². The van der Waals surface area contributed by atoms with E-state index in [-0.39, 0.29) is 24.3 Å². The maximum atomic E-state index is 12.7. The van der Waals surface area contributed by atoms with Gasteiger partial charge in [-0.05, 0) is 38.0 Å². The van der Waals surface area contributed by atoms with Gasteiger partial charge in [0.15, 0.2) is 0 Å². The molecule has 3 nitrogen and oxygen atoms in total. The fourth-order valence-electron chi connectivity index (χ4n) is 1.70. The van der Waals surface area contributed by atoms with Gasteiger partial charge in [0.05, 0.1) is 0 Å². The van der Waals surface area contributed by atoms with Gasteiger partial charge in [0, 0.05) is 18.5 Å². The summed E-state index contributed by atoms with van der Waals surface area (Å²) in [6.45, 7) is 3.92. The highest BCUT2D eigenvalue weighted by Crippen LogP contribution is 2.14. The van der Waals surface area contributed by atoms with Crippen molar-refractivity contribution < 1.29 is 14.3 Å². The van der Waals surface area contributed by atoms with Crippen molar-refractivity contribution in [2.45, 2.75) is 38.8 Å². The van der Waals surface area contributed by atoms with Crippen molar-refractivity contribution in [1.82, 2.24) is 5.32 Å². The molecule has 0 aliphatic rings. The van der Waals surface area contributed by atoms with Crippen molar-refractivity contribution in [3.05, 3.63) is 35.6 Å². The zero-order chi connectivity index (χ0) is 12.8. The summed E-state index contributed by atoms with van der Waals surface area (Å²) in [6.07, 6.45) is 0.741. The average molecular weight is 239 g/mol. The third-order valence-corrected chi connectivity index (χ3v) is 2.70. The molecule has 0 aliphatic carbocycles. The van der Waals surface area contributed by atoms with E-state index in [1.807, 2.05) is 13.8 Å². The quantitative estimate of drug-likeness (QED) is 0.802. The van der Waals surface area contributed by atoms with E-state index in [1.165, 1.54) is 12.1 Å². The van der Waals surface area contributed by atoms with E-state index in [2.05, 4.69) is 5.32 Å². The molecule has 0 radical (unpaired) electrons. The van der Waals surface area contributed by atoms with Gasteiger partial charge >= 0.3 is 5.97 Å². The topological polar surface area (TPSA) is 49.3 Å². The second-order valence-corrected chi connectivity index (χ2v) is 4.27. The standard InChI is InChI=1S/C13H18FNO2/c1-9(3-8-13(16)17)15-10(2)11-4-6-12(14)7-5-11/h4-7,9-10,15H,3,8H2,1-2H3,(H,16,17). The fourth-order valence-corrected chi connectivity index (χ4v) is 1.70. The Bertz CT molecular complexity index is 364. The van der Waals surface area contributed by atoms with Gasteiger partial charge < -0.3 is 10.4 Å². The molecule has 0 saturated heterocycles. The van der Waals surface area contributed by atoms with Gasteiger partial charge in [-0.25, -0.2) is 4.39 Å². The molecule has 17 heavy (non-hydrogen) atoms. The molecule has 1 rings (SSSR count). The molecule has 0 saturated carbocycles. The predicted octanol–water partition coefficient (Wildman–Crippen LogP) is 2.73. The smallest absolute Gasteiger partial charge is 0.303 e. The van der Waals surface area contributed by atoms with E-state index in [0.717, 1.165) is 5.56 Å². The Morgan fingerprint density at radius 1 is 1.35 bits per heavy atom. The molecule has 0 aliphatic heterocycles. The molecule has 0 bridgehead atoms. The lowest BCUT2D eigenvalue weighted by Gasteiger charge is -2.19. The highest BCUT2D eigenvalue weighted by Gasteiger charge is 2.10. The van der Waals surface area contributed by atoms with Crippen LogP contribution in [0.2, 0.25) is 0 Å². The highest BCUT2D eigenvalue weighted by atomic mass is 19.1. The Balaban J connectivity index is 2.45. The minimum atomic E-state index is -0.784. The second-order valence-electron chi connectivity index (χ2n) is 4.27. The van der Waals surface area contributed by atoms with Crippen LogP contribution in [-0.2, 0) is 4.79 Å². The third-order valence-electron chi connectivity index (χ3n) is 2.70. The van der Waals surface area contributed by atoms with Crippen LogP contribution < -0.4 is 5.32 Å². The first kappa shape index (κ1) is 13.6. The Kier molecular flexibility index (Phi) is 5.10. The molecule has 2 unspecified atom stereocenters. The number of carboxylic acids is 1. The average Bonchev–Trinajstić information content (AvgIpc) is 2.27. The van der Waals surface area contributed by atoms with E-state index >= 15 is 0 Å². The maximum Gasteiger partial charge on any atom is 0.303 e. The van der Waals surface area contributed by atoms with Crippen LogP contribution in [0.5, 0.6) is 0 Å². The van der Waals surface area contributed by atoms with Gasteiger partial charge in [-0.15, -0.1) is 0 Å². The number of halogens is 1. The lowest BCUT2D eigenvalue weighted by Crippen LogP contribution is -2.29. The number of rotatable bonds is 6. The van der Waals surface area contributed by atoms with Crippen LogP contribution >= 0.6 is 0 Å². The first-order valence-corrected chi connectivity index (χ1v) is 5.72. The van der Waals surface area contributed by atoms with E-state index in [1.54, 1.807) is 12.1 Å². The Morgan fingerprint density at radius 2 is 1.94 bits per heavy atom. The van der Waals surface area contributed by atoms with E-state index in [4.69, 9.17) is 5.11 Å². The van der Waals surface area contributed by atoms with Crippen LogP contribution in [0.15, 0.2) is 24.3 Å². The molecule has 0 heterocycles. The summed E-state index contributed by atoms with van der Waals surface area (Å²) in [4.78, 5) is 10.4. The first-order valence-electron chi connectivity index (χ1n) is 5.72. The summed E-state index contributed by atoms with van der Waals surface area (Å²) in [5, 5.41) is 11.9. The van der Waals surface area contributed by atoms with E-state index in [0.29, 0.717) is 6.42 Å². The Morgan fingerprint density at radius 3 is 2.47 bits per heavy atom. The fraction of sp³-hybridized carbons (Fsp3) is 0.462. The van der Waals surface area contributed by atoms with Crippen molar-refractivity contribution >= 4 is 5.97 Å². The summed E-state index contributed by atoms with van der Waals surface area (Å²) < 4.78 is 12.7. The second kappa shape index (κ2) is 6.35. The zero-order valence-corrected chi connectivity index (χ0v) is 10.1. The van der Waals surface area contributed by atoms with Gasteiger partial charge in [-0.3, -0.25) is 4.79 Å². The largest absolute Gasteiger partial charge is 0.481 e. The highest BCUT2D eigenvalue weighted by molar-refractivity contribution is 5.66. The number of nitrogens with one attached hydrogen (secondary N) is 1. The molecular weight excluding hydrogens is 221 g/mol. The molecule has 0 fully saturated rings. The lowest BCUT2D eigenvalue weighted by molar-refractivity contribution is -0.137. The van der Waals surface area contributed by atoms with Crippen molar-refractivity contribution in [2.24, 2.45) is 0 Å². The molecule has 2 N–H and O–H groups in total. The normalized spacial score (nSPS) is 14.3. The summed E-state index contributed by atoms with van der Waals surface area (Å²) in [5.41, 5.74) is 0.994. The van der Waals surface area contributed by atoms with Crippen LogP contribution in [0.3, 0.4) is 0 Å². The summed E-state index contributed by atoms with van der Waals surface area (Å²) >= 11 is 0. The van der Waals surface area contributed by atoms with Crippen LogP contribution in [-0.4, -0.2) is 17.1 Å². The van der Waals surface area contributed by atoms with Crippen LogP contribution in [0.1, 0.15) is 38.3 Å². The maximum absolute atomic E-state index is 12.7. The van der Waals surface area contributed by atoms with Gasteiger partial charge in [-0.1, -0.05) is 12.1 Å². The molecule has 1 aromatic rings. The van der Waals surface area contributed by atoms with Crippen molar-refractivity contribution in [1.29, 1.82) is 0 Å². The van der Waals surface area contributed by atoms with Gasteiger partial charge in [-0.2, -0.15) is 0 Å². The molecule has 0 amide bonds. The van der Waals surface area contributed by atoms with Crippen LogP contribution in [0.25, 0.3) is 0 Å². The van der Waals surface area contributed by atoms with Gasteiger partial charge in [0.2, 0.25) is 0 Å². The number of carboxylic acid groups (broad SMARTS) is 1. The zero-order valence-electron chi connectivity index (χ0n) is 10.1. The lowest BCUT2D eigenvalue weighted by atomic mass is 10.1. The number of benzene rings is 1. The van der Waals surface area contributed by atoms with E-state index in [9.17, 15) is 9.18 Å². The van der Waals surface area contributed by atoms with Crippen molar-refractivity contribution in [3.63, 3.8) is 0 Å². The van der Waals surface area contributed by atoms with Crippen LogP contribution in [0.4, 0.5) is 4.39 Å². The molecule has 94 valence electrons. The first-order chi connectivity index (χ1) is 7.99. The Hall–Kier alpha value is -1.42. The minimum absolute atomic E-state index is 0.0828. The number of hydrogen-bond donors (Lipinski definition) is 2. The third kappa shape index (κ3) is 4.95. The number of aliphatic carboxylic acids is 1. The van der Waals surface area contributed by atoms with Gasteiger partial charge in [0.1, 0.15) is 5.82 Å². The van der Waals surface area contributed by atoms with E-state index < -0.39 is 5.97 Å². The minimum Gasteiger partial charge on any atom is -0.481 e. The molecule has 2 atom stereocenters. The predicted molar refractivity (Wildman–Crippen MR) is 64.3 cm³/mol. The number of hydrogen-bond acceptors (Lipinski definition) is 2. The monoisotopic (exact) mass is 239 g/mol. The SMILES string of the molecule is CC(CCC(=O)O)NC(C)c1ccc(F)cc1. The summed E-state index contributed by atoms with van der Waals surface area (Å²) in [6, 6.07) is 6.52. The molecular formula is C13H18FNO2. The van der Waals surface area contributed by atoms with Crippen molar-refractivity contribution in [2.75, 3.05) is 0 Å². The number of carbonyl (C=O) groups is 1. The summed E-state index contributed by atoms with van der Waals surface area (Å²) in [7, 11) is 0. The molecule has 1 aromatic carbocycles. The van der Waals surface area contributed by atoms with Crippen molar-refractivity contribution in [3.8, 4) is 0 Å². The molecule has 0 spiro atoms. The molecule has 4 heteroatoms. The molecule has 0 aromatic heterocycles. The van der Waals surface area contributed by atoms with Gasteiger partial charge in [0.25, 0.3) is 0 Å². The van der Waals surface area contributed by atoms with Crippen LogP contribution in [0, 0.1) is 5.82 Å². The summed E-state index contributed by atoms with van der Waals surface area (Å²) in [5.74, 6) is -1.03.